The molecule has 0 aliphatic heterocycles. The third kappa shape index (κ3) is 2.72. The van der Waals surface area contributed by atoms with Gasteiger partial charge >= 0.3 is 0 Å². The van der Waals surface area contributed by atoms with Crippen molar-refractivity contribution < 1.29 is 9.90 Å². The van der Waals surface area contributed by atoms with Crippen molar-refractivity contribution in [1.82, 2.24) is 9.97 Å². The monoisotopic (exact) mass is 313 g/mol. The quantitative estimate of drug-likeness (QED) is 0.388. The summed E-state index contributed by atoms with van der Waals surface area (Å²) in [6.45, 7) is 0. The average molecular weight is 313 g/mol. The van der Waals surface area contributed by atoms with Gasteiger partial charge in [-0.3, -0.25) is 10.1 Å². The molecule has 0 fully saturated rings. The van der Waals surface area contributed by atoms with Crippen molar-refractivity contribution in [3.63, 3.8) is 0 Å². The van der Waals surface area contributed by atoms with Gasteiger partial charge in [0.15, 0.2) is 10.8 Å². The first-order valence-electron chi connectivity index (χ1n) is 6.26. The fraction of sp³-hybridized carbons (Fsp3) is 0. The summed E-state index contributed by atoms with van der Waals surface area (Å²) >= 11 is 1.31. The van der Waals surface area contributed by atoms with Gasteiger partial charge in [0.1, 0.15) is 5.75 Å². The Morgan fingerprint density at radius 2 is 2.27 bits per heavy atom. The molecule has 3 rings (SSSR count). The minimum atomic E-state index is -0.513. The molecule has 0 bridgehead atoms. The van der Waals surface area contributed by atoms with Crippen LogP contribution >= 0.6 is 11.3 Å². The predicted molar refractivity (Wildman–Crippen MR) is 85.3 cm³/mol. The summed E-state index contributed by atoms with van der Waals surface area (Å²) in [7, 11) is 0. The molecule has 0 radical (unpaired) electrons. The van der Waals surface area contributed by atoms with Gasteiger partial charge in [-0.2, -0.15) is 5.10 Å². The number of aromatic hydroxyl groups is 1. The van der Waals surface area contributed by atoms with E-state index in [1.807, 2.05) is 18.2 Å². The summed E-state index contributed by atoms with van der Waals surface area (Å²) < 4.78 is 0.887. The van der Waals surface area contributed by atoms with Crippen molar-refractivity contribution in [2.75, 3.05) is 5.32 Å². The number of anilines is 1. The van der Waals surface area contributed by atoms with Crippen molar-refractivity contribution in [3.05, 3.63) is 47.8 Å². The molecule has 0 spiro atoms. The molecule has 0 unspecified atom stereocenters. The molecule has 2 heterocycles. The summed E-state index contributed by atoms with van der Waals surface area (Å²) in [6.07, 6.45) is 2.97. The van der Waals surface area contributed by atoms with E-state index in [-0.39, 0.29) is 11.4 Å². The summed E-state index contributed by atoms with van der Waals surface area (Å²) in [5.74, 6) is 4.43. The van der Waals surface area contributed by atoms with Crippen LogP contribution in [0.1, 0.15) is 16.1 Å². The van der Waals surface area contributed by atoms with Crippen LogP contribution < -0.4 is 11.2 Å². The van der Waals surface area contributed by atoms with Gasteiger partial charge < -0.3 is 10.9 Å². The minimum Gasteiger partial charge on any atom is -0.505 e. The number of pyridine rings is 1. The Bertz CT molecular complexity index is 875. The third-order valence-electron chi connectivity index (χ3n) is 2.86. The molecule has 8 heteroatoms. The SMILES string of the molecule is NN=Cc1ccc2nc(NC(=O)c3ncccc3O)sc2c1. The maximum atomic E-state index is 12.1. The molecule has 110 valence electrons. The molecule has 1 amide bonds. The van der Waals surface area contributed by atoms with Crippen molar-refractivity contribution in [3.8, 4) is 5.75 Å². The zero-order valence-electron chi connectivity index (χ0n) is 11.2. The molecule has 0 aliphatic rings. The highest BCUT2D eigenvalue weighted by Gasteiger charge is 2.14. The lowest BCUT2D eigenvalue weighted by molar-refractivity contribution is 0.101. The van der Waals surface area contributed by atoms with E-state index in [4.69, 9.17) is 5.84 Å². The summed E-state index contributed by atoms with van der Waals surface area (Å²) in [4.78, 5) is 20.2. The Balaban J connectivity index is 1.88. The number of amides is 1. The number of nitrogens with zero attached hydrogens (tertiary/aromatic N) is 3. The Kier molecular flexibility index (Phi) is 3.67. The lowest BCUT2D eigenvalue weighted by atomic mass is 10.2. The van der Waals surface area contributed by atoms with Crippen molar-refractivity contribution in [2.45, 2.75) is 0 Å². The minimum absolute atomic E-state index is 0.0438. The smallest absolute Gasteiger partial charge is 0.279 e. The number of rotatable bonds is 3. The Morgan fingerprint density at radius 1 is 1.41 bits per heavy atom. The van der Waals surface area contributed by atoms with Crippen LogP contribution in [0.25, 0.3) is 10.2 Å². The van der Waals surface area contributed by atoms with E-state index < -0.39 is 5.91 Å². The van der Waals surface area contributed by atoms with Crippen LogP contribution in [-0.4, -0.2) is 27.2 Å². The molecule has 3 aromatic rings. The Morgan fingerprint density at radius 3 is 3.05 bits per heavy atom. The summed E-state index contributed by atoms with van der Waals surface area (Å²) in [6, 6.07) is 8.46. The molecular weight excluding hydrogens is 302 g/mol. The topological polar surface area (TPSA) is 113 Å². The number of fused-ring (bicyclic) bond motifs is 1. The second kappa shape index (κ2) is 5.78. The number of nitrogens with two attached hydrogens (primary N) is 1. The normalized spacial score (nSPS) is 11.1. The van der Waals surface area contributed by atoms with E-state index in [1.165, 1.54) is 29.8 Å². The molecule has 0 saturated heterocycles. The van der Waals surface area contributed by atoms with E-state index in [0.29, 0.717) is 5.13 Å². The first-order valence-corrected chi connectivity index (χ1v) is 7.08. The van der Waals surface area contributed by atoms with Gasteiger partial charge in [-0.1, -0.05) is 17.4 Å². The van der Waals surface area contributed by atoms with E-state index in [0.717, 1.165) is 15.8 Å². The standard InChI is InChI=1S/C14H11N5O2S/c15-17-7-8-3-4-9-11(6-8)22-14(18-9)19-13(21)12-10(20)2-1-5-16-12/h1-7,20H,15H2,(H,18,19,21). The van der Waals surface area contributed by atoms with Gasteiger partial charge in [0.2, 0.25) is 0 Å². The van der Waals surface area contributed by atoms with Gasteiger partial charge in [0.05, 0.1) is 16.4 Å². The Hall–Kier alpha value is -3.00. The fourth-order valence-corrected chi connectivity index (χ4v) is 2.80. The van der Waals surface area contributed by atoms with Gasteiger partial charge in [-0.15, -0.1) is 0 Å². The van der Waals surface area contributed by atoms with E-state index in [9.17, 15) is 9.90 Å². The number of thiazole rings is 1. The zero-order chi connectivity index (χ0) is 15.5. The van der Waals surface area contributed by atoms with Crippen molar-refractivity contribution in [2.24, 2.45) is 10.9 Å². The van der Waals surface area contributed by atoms with Crippen LogP contribution in [0.15, 0.2) is 41.6 Å². The van der Waals surface area contributed by atoms with Gasteiger partial charge in [0, 0.05) is 6.20 Å². The first-order chi connectivity index (χ1) is 10.7. The van der Waals surface area contributed by atoms with Crippen LogP contribution in [0.3, 0.4) is 0 Å². The third-order valence-corrected chi connectivity index (χ3v) is 3.79. The van der Waals surface area contributed by atoms with E-state index in [1.54, 1.807) is 6.07 Å². The van der Waals surface area contributed by atoms with Crippen molar-refractivity contribution >= 4 is 38.8 Å². The number of hydrogen-bond acceptors (Lipinski definition) is 7. The molecule has 1 aromatic carbocycles. The lowest BCUT2D eigenvalue weighted by Gasteiger charge is -2.01. The summed E-state index contributed by atoms with van der Waals surface area (Å²) in [5.41, 5.74) is 1.55. The number of hydrazone groups is 1. The number of nitrogens with one attached hydrogen (secondary N) is 1. The van der Waals surface area contributed by atoms with E-state index >= 15 is 0 Å². The molecule has 4 N–H and O–H groups in total. The number of carbonyl (C=O) groups excluding carboxylic acids is 1. The van der Waals surface area contributed by atoms with Crippen LogP contribution in [0, 0.1) is 0 Å². The molecule has 0 atom stereocenters. The number of aromatic nitrogens is 2. The molecule has 7 nitrogen and oxygen atoms in total. The van der Waals surface area contributed by atoms with Crippen molar-refractivity contribution in [1.29, 1.82) is 0 Å². The molecular formula is C14H11N5O2S. The highest BCUT2D eigenvalue weighted by Crippen LogP contribution is 2.27. The predicted octanol–water partition coefficient (Wildman–Crippen LogP) is 1.94. The van der Waals surface area contributed by atoms with Crippen LogP contribution in [-0.2, 0) is 0 Å². The van der Waals surface area contributed by atoms with Gasteiger partial charge in [-0.25, -0.2) is 9.97 Å². The zero-order valence-corrected chi connectivity index (χ0v) is 12.0. The lowest BCUT2D eigenvalue weighted by Crippen LogP contribution is -2.13. The number of carbonyl (C=O) groups is 1. The maximum Gasteiger partial charge on any atom is 0.279 e. The maximum absolute atomic E-state index is 12.1. The number of hydrogen-bond donors (Lipinski definition) is 3. The second-order valence-corrected chi connectivity index (χ2v) is 5.38. The largest absolute Gasteiger partial charge is 0.505 e. The first kappa shape index (κ1) is 14.0. The van der Waals surface area contributed by atoms with E-state index in [2.05, 4.69) is 20.4 Å². The average Bonchev–Trinajstić information content (AvgIpc) is 2.89. The van der Waals surface area contributed by atoms with Crippen LogP contribution in [0.4, 0.5) is 5.13 Å². The fourth-order valence-electron chi connectivity index (χ4n) is 1.89. The van der Waals surface area contributed by atoms with Crippen LogP contribution in [0.2, 0.25) is 0 Å². The highest BCUT2D eigenvalue weighted by atomic mass is 32.1. The van der Waals surface area contributed by atoms with Gasteiger partial charge in [-0.05, 0) is 29.8 Å². The summed E-state index contributed by atoms with van der Waals surface area (Å²) in [5, 5.41) is 16.1. The molecule has 22 heavy (non-hydrogen) atoms. The Labute approximate surface area is 129 Å². The number of benzene rings is 1. The highest BCUT2D eigenvalue weighted by molar-refractivity contribution is 7.22. The van der Waals surface area contributed by atoms with Gasteiger partial charge in [0.25, 0.3) is 5.91 Å². The second-order valence-electron chi connectivity index (χ2n) is 4.35. The molecule has 0 aliphatic carbocycles. The molecule has 0 saturated carbocycles. The molecule has 2 aromatic heterocycles. The van der Waals surface area contributed by atoms with Crippen LogP contribution in [0.5, 0.6) is 5.75 Å².